The monoisotopic (exact) mass is 570 g/mol. The van der Waals surface area contributed by atoms with Crippen LogP contribution in [0.3, 0.4) is 0 Å². The quantitative estimate of drug-likeness (QED) is 0.113. The fourth-order valence-corrected chi connectivity index (χ4v) is 4.67. The first-order chi connectivity index (χ1) is 20.4. The molecule has 4 aliphatic rings. The maximum absolute atomic E-state index is 13.3. The summed E-state index contributed by atoms with van der Waals surface area (Å²) in [5.74, 6) is -2.91. The van der Waals surface area contributed by atoms with Crippen molar-refractivity contribution in [1.82, 2.24) is 0 Å². The van der Waals surface area contributed by atoms with E-state index in [0.717, 1.165) is 0 Å². The number of esters is 4. The van der Waals surface area contributed by atoms with Gasteiger partial charge >= 0.3 is 23.9 Å². The van der Waals surface area contributed by atoms with Crippen molar-refractivity contribution in [2.45, 2.75) is 27.7 Å². The average molecular weight is 571 g/mol. The van der Waals surface area contributed by atoms with E-state index >= 15 is 0 Å². The highest BCUT2D eigenvalue weighted by Crippen LogP contribution is 2.46. The molecule has 0 saturated heterocycles. The molecule has 0 heterocycles. The number of hydrogen-bond acceptors (Lipinski definition) is 10. The molecule has 0 bridgehead atoms. The molecule has 4 aliphatic carbocycles. The van der Waals surface area contributed by atoms with Crippen LogP contribution in [-0.2, 0) is 18.9 Å². The van der Waals surface area contributed by atoms with Gasteiger partial charge in [0.2, 0.25) is 0 Å². The van der Waals surface area contributed by atoms with Crippen LogP contribution in [0.4, 0.5) is 11.4 Å². The summed E-state index contributed by atoms with van der Waals surface area (Å²) in [7, 11) is 0. The van der Waals surface area contributed by atoms with Gasteiger partial charge in [-0.1, -0.05) is 60.7 Å². The molecule has 10 heteroatoms. The SMILES string of the molecule is CCOC(=O)c1c2cccccc-2c(C(=O)OCC)c1N=Nc1c(C(=O)OCC)c2cccccc-2c1C(=O)OCC. The van der Waals surface area contributed by atoms with Crippen LogP contribution in [0.25, 0.3) is 22.3 Å². The van der Waals surface area contributed by atoms with Crippen molar-refractivity contribution in [2.24, 2.45) is 10.2 Å². The zero-order valence-electron chi connectivity index (χ0n) is 23.8. The van der Waals surface area contributed by atoms with Crippen molar-refractivity contribution < 1.29 is 38.1 Å². The zero-order valence-corrected chi connectivity index (χ0v) is 23.8. The fourth-order valence-electron chi connectivity index (χ4n) is 4.67. The average Bonchev–Trinajstić information content (AvgIpc) is 3.16. The smallest absolute Gasteiger partial charge is 0.341 e. The number of fused-ring (bicyclic) bond motifs is 2. The van der Waals surface area contributed by atoms with Gasteiger partial charge in [0, 0.05) is 0 Å². The highest BCUT2D eigenvalue weighted by Gasteiger charge is 2.35. The molecule has 0 amide bonds. The Morgan fingerprint density at radius 1 is 0.452 bits per heavy atom. The van der Waals surface area contributed by atoms with Gasteiger partial charge in [0.1, 0.15) is 11.4 Å². The maximum Gasteiger partial charge on any atom is 0.341 e. The number of azo groups is 1. The molecule has 0 atom stereocenters. The second-order valence-corrected chi connectivity index (χ2v) is 8.76. The van der Waals surface area contributed by atoms with Crippen molar-refractivity contribution in [3.63, 3.8) is 0 Å². The summed E-state index contributed by atoms with van der Waals surface area (Å²) in [4.78, 5) is 53.0. The normalized spacial score (nSPS) is 11.0. The number of carbonyl (C=O) groups excluding carboxylic acids is 4. The van der Waals surface area contributed by atoms with Crippen LogP contribution in [0.1, 0.15) is 69.1 Å². The second kappa shape index (κ2) is 13.5. The van der Waals surface area contributed by atoms with E-state index in [2.05, 4.69) is 10.2 Å². The Hall–Kier alpha value is -5.12. The third-order valence-electron chi connectivity index (χ3n) is 6.27. The molecule has 216 valence electrons. The van der Waals surface area contributed by atoms with Crippen molar-refractivity contribution in [2.75, 3.05) is 26.4 Å². The van der Waals surface area contributed by atoms with E-state index in [1.165, 1.54) is 0 Å². The number of rotatable bonds is 10. The van der Waals surface area contributed by atoms with Gasteiger partial charge in [-0.05, 0) is 49.9 Å². The third-order valence-corrected chi connectivity index (χ3v) is 6.27. The van der Waals surface area contributed by atoms with Crippen molar-refractivity contribution in [3.8, 4) is 22.3 Å². The molecule has 0 saturated carbocycles. The first-order valence-electron chi connectivity index (χ1n) is 13.6. The largest absolute Gasteiger partial charge is 0.462 e. The lowest BCUT2D eigenvalue weighted by atomic mass is 10.1. The highest BCUT2D eigenvalue weighted by atomic mass is 16.5. The predicted octanol–water partition coefficient (Wildman–Crippen LogP) is 7.02. The van der Waals surface area contributed by atoms with E-state index in [9.17, 15) is 19.2 Å². The first-order valence-corrected chi connectivity index (χ1v) is 13.6. The van der Waals surface area contributed by atoms with E-state index in [4.69, 9.17) is 18.9 Å². The molecule has 0 fully saturated rings. The van der Waals surface area contributed by atoms with Crippen LogP contribution in [-0.4, -0.2) is 50.3 Å². The number of nitrogens with zero attached hydrogens (tertiary/aromatic N) is 2. The van der Waals surface area contributed by atoms with Gasteiger partial charge in [-0.3, -0.25) is 0 Å². The minimum Gasteiger partial charge on any atom is -0.462 e. The minimum atomic E-state index is -0.728. The van der Waals surface area contributed by atoms with Gasteiger partial charge in [0.25, 0.3) is 0 Å². The van der Waals surface area contributed by atoms with Crippen molar-refractivity contribution >= 4 is 35.3 Å². The van der Waals surface area contributed by atoms with Gasteiger partial charge < -0.3 is 18.9 Å². The molecular formula is C32H30N2O8. The highest BCUT2D eigenvalue weighted by molar-refractivity contribution is 6.16. The minimum absolute atomic E-state index is 0.00673. The molecule has 0 N–H and O–H groups in total. The molecule has 0 aliphatic heterocycles. The summed E-state index contributed by atoms with van der Waals surface area (Å²) in [6, 6.07) is 17.0. The molecule has 0 spiro atoms. The Kier molecular flexibility index (Phi) is 9.59. The van der Waals surface area contributed by atoms with Gasteiger partial charge in [-0.15, -0.1) is 10.2 Å². The molecule has 4 rings (SSSR count). The summed E-state index contributed by atoms with van der Waals surface area (Å²) in [6.45, 7) is 6.91. The fraction of sp³-hybridized carbons (Fsp3) is 0.250. The van der Waals surface area contributed by atoms with Gasteiger partial charge in [0.15, 0.2) is 0 Å². The zero-order chi connectivity index (χ0) is 30.2. The van der Waals surface area contributed by atoms with Crippen LogP contribution in [0.15, 0.2) is 70.9 Å². The van der Waals surface area contributed by atoms with Crippen LogP contribution in [0.5, 0.6) is 0 Å². The first kappa shape index (κ1) is 29.9. The molecule has 42 heavy (non-hydrogen) atoms. The number of carbonyl (C=O) groups is 4. The molecule has 0 aromatic carbocycles. The lowest BCUT2D eigenvalue weighted by Crippen LogP contribution is -2.07. The van der Waals surface area contributed by atoms with E-state index in [1.807, 2.05) is 0 Å². The molecule has 10 nitrogen and oxygen atoms in total. The van der Waals surface area contributed by atoms with Gasteiger partial charge in [0.05, 0.1) is 48.7 Å². The number of hydrogen-bond donors (Lipinski definition) is 0. The Balaban J connectivity index is 2.10. The van der Waals surface area contributed by atoms with E-state index < -0.39 is 23.9 Å². The summed E-state index contributed by atoms with van der Waals surface area (Å²) in [5, 5.41) is 8.73. The molecule has 0 aromatic rings. The molecule has 0 aromatic heterocycles. The summed E-state index contributed by atoms with van der Waals surface area (Å²) >= 11 is 0. The molecule has 0 radical (unpaired) electrons. The Labute approximate surface area is 242 Å². The van der Waals surface area contributed by atoms with E-state index in [1.54, 1.807) is 88.4 Å². The van der Waals surface area contributed by atoms with Crippen LogP contribution in [0, 0.1) is 0 Å². The van der Waals surface area contributed by atoms with Crippen molar-refractivity contribution in [1.29, 1.82) is 0 Å². The lowest BCUT2D eigenvalue weighted by molar-refractivity contribution is 0.0511. The van der Waals surface area contributed by atoms with Gasteiger partial charge in [-0.2, -0.15) is 0 Å². The Bertz CT molecular complexity index is 1390. The molecular weight excluding hydrogens is 540 g/mol. The Morgan fingerprint density at radius 3 is 0.905 bits per heavy atom. The Morgan fingerprint density at radius 2 is 0.690 bits per heavy atom. The maximum atomic E-state index is 13.3. The van der Waals surface area contributed by atoms with Crippen molar-refractivity contribution in [3.05, 3.63) is 82.9 Å². The lowest BCUT2D eigenvalue weighted by Gasteiger charge is -2.06. The second-order valence-electron chi connectivity index (χ2n) is 8.76. The van der Waals surface area contributed by atoms with Crippen LogP contribution >= 0.6 is 0 Å². The summed E-state index contributed by atoms with van der Waals surface area (Å²) < 4.78 is 21.3. The van der Waals surface area contributed by atoms with Crippen LogP contribution in [0.2, 0.25) is 0 Å². The summed E-state index contributed by atoms with van der Waals surface area (Å²) in [5.41, 5.74) is 1.32. The standard InChI is InChI=1S/C32H30N2O8/c1-5-39-29(35)23-19-15-11-9-12-16-20(19)24(30(36)40-6-2)27(23)33-34-28-25(31(37)41-7-3)21-17-13-10-14-18-22(21)26(28)32(38)42-8-4/h9-18H,5-8H2,1-4H3. The predicted molar refractivity (Wildman–Crippen MR) is 154 cm³/mol. The third kappa shape index (κ3) is 5.69. The van der Waals surface area contributed by atoms with Gasteiger partial charge in [-0.25, -0.2) is 19.2 Å². The summed E-state index contributed by atoms with van der Waals surface area (Å²) in [6.07, 6.45) is 0. The molecule has 0 unspecified atom stereocenters. The van der Waals surface area contributed by atoms with E-state index in [0.29, 0.717) is 22.3 Å². The van der Waals surface area contributed by atoms with E-state index in [-0.39, 0.29) is 60.1 Å². The van der Waals surface area contributed by atoms with Crippen LogP contribution < -0.4 is 0 Å². The topological polar surface area (TPSA) is 130 Å². The number of ether oxygens (including phenoxy) is 4.